The summed E-state index contributed by atoms with van der Waals surface area (Å²) >= 11 is 1.78. The monoisotopic (exact) mass is 482 g/mol. The molecule has 1 fully saturated rings. The molecule has 0 unspecified atom stereocenters. The highest BCUT2D eigenvalue weighted by Crippen LogP contribution is 2.40. The van der Waals surface area contributed by atoms with E-state index in [0.29, 0.717) is 17.7 Å². The summed E-state index contributed by atoms with van der Waals surface area (Å²) in [4.78, 5) is 38.9. The molecular formula is C28H26N4O2S. The van der Waals surface area contributed by atoms with Gasteiger partial charge in [0.05, 0.1) is 16.8 Å². The second kappa shape index (κ2) is 9.32. The zero-order valence-corrected chi connectivity index (χ0v) is 20.2. The molecule has 3 aromatic carbocycles. The van der Waals surface area contributed by atoms with Gasteiger partial charge in [-0.3, -0.25) is 19.4 Å². The molecule has 2 amide bonds. The van der Waals surface area contributed by atoms with Crippen LogP contribution in [0.1, 0.15) is 32.7 Å². The fraction of sp³-hybridized carbons (Fsp3) is 0.250. The van der Waals surface area contributed by atoms with Crippen LogP contribution in [-0.2, 0) is 0 Å². The van der Waals surface area contributed by atoms with Crippen LogP contribution in [0.5, 0.6) is 0 Å². The van der Waals surface area contributed by atoms with E-state index in [0.717, 1.165) is 50.7 Å². The Balaban J connectivity index is 1.09. The van der Waals surface area contributed by atoms with Crippen molar-refractivity contribution in [2.24, 2.45) is 4.99 Å². The first kappa shape index (κ1) is 22.1. The van der Waals surface area contributed by atoms with E-state index >= 15 is 0 Å². The molecule has 0 radical (unpaired) electrons. The molecule has 3 aliphatic rings. The Kier molecular flexibility index (Phi) is 5.88. The number of imide groups is 1. The molecule has 3 aliphatic heterocycles. The predicted molar refractivity (Wildman–Crippen MR) is 138 cm³/mol. The van der Waals surface area contributed by atoms with Crippen molar-refractivity contribution in [2.75, 3.05) is 39.3 Å². The van der Waals surface area contributed by atoms with E-state index in [-0.39, 0.29) is 11.8 Å². The average Bonchev–Trinajstić information content (AvgIpc) is 3.04. The van der Waals surface area contributed by atoms with Crippen LogP contribution in [0, 0.1) is 0 Å². The molecule has 0 N–H and O–H groups in total. The number of para-hydroxylation sites is 1. The van der Waals surface area contributed by atoms with Gasteiger partial charge in [-0.2, -0.15) is 0 Å². The van der Waals surface area contributed by atoms with Gasteiger partial charge in [0.2, 0.25) is 0 Å². The van der Waals surface area contributed by atoms with Gasteiger partial charge in [0, 0.05) is 48.1 Å². The van der Waals surface area contributed by atoms with Crippen LogP contribution in [-0.4, -0.2) is 71.6 Å². The number of piperazine rings is 1. The van der Waals surface area contributed by atoms with Crippen LogP contribution in [0.2, 0.25) is 0 Å². The third kappa shape index (κ3) is 4.15. The first-order valence-electron chi connectivity index (χ1n) is 12.1. The fourth-order valence-electron chi connectivity index (χ4n) is 4.99. The van der Waals surface area contributed by atoms with E-state index in [1.807, 2.05) is 6.07 Å². The van der Waals surface area contributed by atoms with Gasteiger partial charge in [0.25, 0.3) is 11.8 Å². The van der Waals surface area contributed by atoms with Gasteiger partial charge in [0.1, 0.15) is 5.84 Å². The lowest BCUT2D eigenvalue weighted by Crippen LogP contribution is -2.49. The molecule has 0 saturated carbocycles. The lowest BCUT2D eigenvalue weighted by molar-refractivity contribution is 0.0644. The minimum absolute atomic E-state index is 0.168. The number of benzene rings is 3. The van der Waals surface area contributed by atoms with Crippen LogP contribution in [0.3, 0.4) is 0 Å². The zero-order chi connectivity index (χ0) is 23.8. The van der Waals surface area contributed by atoms with Gasteiger partial charge < -0.3 is 4.90 Å². The van der Waals surface area contributed by atoms with Gasteiger partial charge in [-0.15, -0.1) is 0 Å². The number of fused-ring (bicyclic) bond motifs is 3. The Bertz CT molecular complexity index is 1290. The van der Waals surface area contributed by atoms with Crippen LogP contribution in [0.4, 0.5) is 5.69 Å². The number of aliphatic imine (C=N–C) groups is 1. The molecule has 3 aromatic rings. The Labute approximate surface area is 209 Å². The molecule has 6 nitrogen and oxygen atoms in total. The van der Waals surface area contributed by atoms with Crippen molar-refractivity contribution >= 4 is 35.1 Å². The normalized spacial score (nSPS) is 17.5. The summed E-state index contributed by atoms with van der Waals surface area (Å²) in [6, 6.07) is 23.9. The second-order valence-electron chi connectivity index (χ2n) is 8.99. The molecule has 6 rings (SSSR count). The quantitative estimate of drug-likeness (QED) is 0.512. The fourth-order valence-corrected chi connectivity index (χ4v) is 6.01. The molecule has 0 aromatic heterocycles. The predicted octanol–water partition coefficient (Wildman–Crippen LogP) is 4.53. The number of amidine groups is 1. The smallest absolute Gasteiger partial charge is 0.261 e. The summed E-state index contributed by atoms with van der Waals surface area (Å²) in [5.41, 5.74) is 3.26. The standard InChI is InChI=1S/C28H26N4O2S/c33-27-20-8-1-2-9-21(20)28(34)32(27)15-7-14-30-16-18-31(19-17-30)26-22-10-3-5-12-24(22)35-25-13-6-4-11-23(25)29-26/h1-6,8-13H,7,14-19H2. The van der Waals surface area contributed by atoms with Gasteiger partial charge in [0.15, 0.2) is 0 Å². The summed E-state index contributed by atoms with van der Waals surface area (Å²) in [5.74, 6) is 0.709. The van der Waals surface area contributed by atoms with Crippen LogP contribution < -0.4 is 0 Å². The van der Waals surface area contributed by atoms with Crippen LogP contribution >= 0.6 is 11.8 Å². The Morgan fingerprint density at radius 1 is 0.686 bits per heavy atom. The van der Waals surface area contributed by atoms with Gasteiger partial charge in [-0.1, -0.05) is 54.2 Å². The number of hydrogen-bond donors (Lipinski definition) is 0. The molecule has 0 aliphatic carbocycles. The maximum Gasteiger partial charge on any atom is 0.261 e. The average molecular weight is 483 g/mol. The highest BCUT2D eigenvalue weighted by Gasteiger charge is 2.34. The third-order valence-corrected chi connectivity index (χ3v) is 7.99. The summed E-state index contributed by atoms with van der Waals surface area (Å²) < 4.78 is 0. The van der Waals surface area contributed by atoms with Gasteiger partial charge in [-0.05, 0) is 43.3 Å². The highest BCUT2D eigenvalue weighted by atomic mass is 32.2. The van der Waals surface area contributed by atoms with E-state index < -0.39 is 0 Å². The Morgan fingerprint density at radius 2 is 1.29 bits per heavy atom. The first-order valence-corrected chi connectivity index (χ1v) is 12.9. The van der Waals surface area contributed by atoms with Crippen molar-refractivity contribution in [1.82, 2.24) is 14.7 Å². The highest BCUT2D eigenvalue weighted by molar-refractivity contribution is 7.99. The van der Waals surface area contributed by atoms with E-state index in [1.165, 1.54) is 20.3 Å². The number of rotatable bonds is 4. The SMILES string of the molecule is O=C1c2ccccc2C(=O)N1CCCN1CCN(C2=Nc3ccccc3Sc3ccccc32)CC1. The number of carbonyl (C=O) groups excluding carboxylic acids is 2. The molecule has 0 spiro atoms. The number of hydrogen-bond acceptors (Lipinski definition) is 6. The van der Waals surface area contributed by atoms with Crippen LogP contribution in [0.25, 0.3) is 0 Å². The number of nitrogens with zero attached hydrogens (tertiary/aromatic N) is 4. The third-order valence-electron chi connectivity index (χ3n) is 6.85. The van der Waals surface area contributed by atoms with E-state index in [9.17, 15) is 9.59 Å². The minimum atomic E-state index is -0.168. The van der Waals surface area contributed by atoms with Crippen molar-refractivity contribution in [3.8, 4) is 0 Å². The van der Waals surface area contributed by atoms with Gasteiger partial charge in [-0.25, -0.2) is 4.99 Å². The minimum Gasteiger partial charge on any atom is -0.354 e. The topological polar surface area (TPSA) is 56.2 Å². The molecule has 0 atom stereocenters. The van der Waals surface area contributed by atoms with Gasteiger partial charge >= 0.3 is 0 Å². The van der Waals surface area contributed by atoms with Crippen molar-refractivity contribution in [3.05, 3.63) is 89.5 Å². The van der Waals surface area contributed by atoms with Crippen molar-refractivity contribution in [2.45, 2.75) is 16.2 Å². The van der Waals surface area contributed by atoms with Crippen molar-refractivity contribution in [3.63, 3.8) is 0 Å². The second-order valence-corrected chi connectivity index (χ2v) is 10.1. The lowest BCUT2D eigenvalue weighted by atomic mass is 10.1. The maximum absolute atomic E-state index is 12.6. The number of amides is 2. The van der Waals surface area contributed by atoms with Crippen LogP contribution in [0.15, 0.2) is 87.6 Å². The molecule has 0 bridgehead atoms. The van der Waals surface area contributed by atoms with Crippen molar-refractivity contribution in [1.29, 1.82) is 0 Å². The Morgan fingerprint density at radius 3 is 2.00 bits per heavy atom. The Hall–Kier alpha value is -3.42. The molecule has 35 heavy (non-hydrogen) atoms. The molecule has 1 saturated heterocycles. The first-order chi connectivity index (χ1) is 17.2. The lowest BCUT2D eigenvalue weighted by Gasteiger charge is -2.36. The summed E-state index contributed by atoms with van der Waals surface area (Å²) in [7, 11) is 0. The van der Waals surface area contributed by atoms with Crippen molar-refractivity contribution < 1.29 is 9.59 Å². The van der Waals surface area contributed by atoms with E-state index in [1.54, 1.807) is 36.0 Å². The zero-order valence-electron chi connectivity index (χ0n) is 19.4. The van der Waals surface area contributed by atoms with E-state index in [4.69, 9.17) is 4.99 Å². The number of carbonyl (C=O) groups is 2. The largest absolute Gasteiger partial charge is 0.354 e. The van der Waals surface area contributed by atoms with E-state index in [2.05, 4.69) is 52.3 Å². The summed E-state index contributed by atoms with van der Waals surface area (Å²) in [6.07, 6.45) is 0.777. The summed E-state index contributed by atoms with van der Waals surface area (Å²) in [5, 5.41) is 0. The molecular weight excluding hydrogens is 456 g/mol. The molecule has 7 heteroatoms. The molecule has 3 heterocycles. The summed E-state index contributed by atoms with van der Waals surface area (Å²) in [6.45, 7) is 4.97. The molecule has 176 valence electrons. The maximum atomic E-state index is 12.6.